The highest BCUT2D eigenvalue weighted by Crippen LogP contribution is 2.49. The molecule has 3 amide bonds. The second-order valence-corrected chi connectivity index (χ2v) is 16.8. The van der Waals surface area contributed by atoms with E-state index in [1.54, 1.807) is 11.8 Å². The molecule has 6 aromatic rings. The highest BCUT2D eigenvalue weighted by Gasteiger charge is 2.39. The number of amides is 3. The van der Waals surface area contributed by atoms with Gasteiger partial charge in [-0.3, -0.25) is 14.4 Å². The second kappa shape index (κ2) is 21.9. The van der Waals surface area contributed by atoms with Crippen molar-refractivity contribution in [3.63, 3.8) is 0 Å². The number of fused-ring (bicyclic) bond motifs is 3. The van der Waals surface area contributed by atoms with Crippen molar-refractivity contribution >= 4 is 35.6 Å². The Labute approximate surface area is 374 Å². The van der Waals surface area contributed by atoms with Crippen LogP contribution in [0.5, 0.6) is 0 Å². The van der Waals surface area contributed by atoms with Crippen molar-refractivity contribution in [1.29, 1.82) is 0 Å². The normalized spacial score (nSPS) is 12.8. The molecule has 0 heterocycles. The lowest BCUT2D eigenvalue weighted by molar-refractivity contribution is -0.140. The molecule has 1 aliphatic carbocycles. The van der Waals surface area contributed by atoms with Crippen LogP contribution in [-0.4, -0.2) is 62.0 Å². The standard InChI is InChI=1S/C53H53N3O6S/c1-61-49(57)33-15-6-20-34-54-50(58)48(37-63-53(39-23-9-3-10-24-39,40-25-11-4-12-26-40)41-27-13-5-14-28-41)55-51(59)47(35-38-21-7-2-8-22-38)56-52(60)62-36-46-44-31-18-16-29-42(44)43-30-17-19-32-45(43)46/h2-5,7-14,16-19,21-32,46-48H,6,15,20,33-37H2,1H3,(H,54,58)(H,55,59)(H,56,60). The van der Waals surface area contributed by atoms with Crippen molar-refractivity contribution in [2.45, 2.75) is 54.9 Å². The van der Waals surface area contributed by atoms with E-state index >= 15 is 0 Å². The fraction of sp³-hybridized carbons (Fsp3) is 0.245. The smallest absolute Gasteiger partial charge is 0.407 e. The van der Waals surface area contributed by atoms with Gasteiger partial charge in [0.25, 0.3) is 0 Å². The summed E-state index contributed by atoms with van der Waals surface area (Å²) in [4.78, 5) is 54.3. The molecule has 2 atom stereocenters. The summed E-state index contributed by atoms with van der Waals surface area (Å²) in [5, 5.41) is 8.97. The molecular weight excluding hydrogens is 807 g/mol. The van der Waals surface area contributed by atoms with Crippen LogP contribution in [0, 0.1) is 0 Å². The maximum Gasteiger partial charge on any atom is 0.407 e. The summed E-state index contributed by atoms with van der Waals surface area (Å²) in [6.45, 7) is 0.436. The maximum atomic E-state index is 14.6. The molecule has 7 rings (SSSR count). The van der Waals surface area contributed by atoms with Gasteiger partial charge in [0.05, 0.1) is 11.9 Å². The predicted octanol–water partition coefficient (Wildman–Crippen LogP) is 9.20. The molecule has 0 fully saturated rings. The molecule has 0 radical (unpaired) electrons. The van der Waals surface area contributed by atoms with Crippen molar-refractivity contribution in [2.24, 2.45) is 0 Å². The van der Waals surface area contributed by atoms with Crippen molar-refractivity contribution in [2.75, 3.05) is 26.0 Å². The van der Waals surface area contributed by atoms with Crippen LogP contribution in [0.3, 0.4) is 0 Å². The SMILES string of the molecule is COC(=O)CCCCCNC(=O)C(CSC(c1ccccc1)(c1ccccc1)c1ccccc1)NC(=O)C(Cc1ccccc1)NC(=O)OCC1c2ccccc2-c2ccccc21. The monoisotopic (exact) mass is 859 g/mol. The number of rotatable bonds is 20. The number of benzene rings is 6. The van der Waals surface area contributed by atoms with Gasteiger partial charge in [-0.2, -0.15) is 0 Å². The second-order valence-electron chi connectivity index (χ2n) is 15.5. The van der Waals surface area contributed by atoms with Crippen LogP contribution in [0.25, 0.3) is 11.1 Å². The largest absolute Gasteiger partial charge is 0.469 e. The number of hydrogen-bond acceptors (Lipinski definition) is 7. The predicted molar refractivity (Wildman–Crippen MR) is 249 cm³/mol. The number of esters is 1. The third-order valence-corrected chi connectivity index (χ3v) is 13.1. The number of methoxy groups -OCH3 is 1. The molecule has 0 aromatic heterocycles. The fourth-order valence-corrected chi connectivity index (χ4v) is 9.84. The molecule has 63 heavy (non-hydrogen) atoms. The summed E-state index contributed by atoms with van der Waals surface area (Å²) >= 11 is 1.56. The first-order valence-corrected chi connectivity index (χ1v) is 22.5. The van der Waals surface area contributed by atoms with Crippen LogP contribution in [0.1, 0.15) is 65.0 Å². The van der Waals surface area contributed by atoms with Crippen LogP contribution in [0.15, 0.2) is 170 Å². The number of carbonyl (C=O) groups is 4. The van der Waals surface area contributed by atoms with E-state index in [0.29, 0.717) is 32.2 Å². The lowest BCUT2D eigenvalue weighted by Crippen LogP contribution is -2.55. The summed E-state index contributed by atoms with van der Waals surface area (Å²) in [5.74, 6) is -1.12. The van der Waals surface area contributed by atoms with Crippen LogP contribution < -0.4 is 16.0 Å². The summed E-state index contributed by atoms with van der Waals surface area (Å²) in [6.07, 6.45) is 1.73. The van der Waals surface area contributed by atoms with Crippen molar-refractivity contribution in [1.82, 2.24) is 16.0 Å². The maximum absolute atomic E-state index is 14.6. The lowest BCUT2D eigenvalue weighted by atomic mass is 9.84. The molecule has 1 aliphatic rings. The number of unbranched alkanes of at least 4 members (excludes halogenated alkanes) is 2. The van der Waals surface area contributed by atoms with E-state index in [9.17, 15) is 19.2 Å². The molecule has 322 valence electrons. The van der Waals surface area contributed by atoms with E-state index in [2.05, 4.69) is 76.6 Å². The zero-order chi connectivity index (χ0) is 43.9. The lowest BCUT2D eigenvalue weighted by Gasteiger charge is -2.36. The van der Waals surface area contributed by atoms with E-state index in [1.807, 2.05) is 109 Å². The molecular formula is C53H53N3O6S. The Bertz CT molecular complexity index is 2290. The minimum absolute atomic E-state index is 0.0847. The highest BCUT2D eigenvalue weighted by molar-refractivity contribution is 8.00. The number of thioether (sulfide) groups is 1. The van der Waals surface area contributed by atoms with E-state index < -0.39 is 28.8 Å². The molecule has 0 aliphatic heterocycles. The van der Waals surface area contributed by atoms with Gasteiger partial charge in [0.1, 0.15) is 18.7 Å². The van der Waals surface area contributed by atoms with E-state index in [4.69, 9.17) is 9.47 Å². The number of nitrogens with one attached hydrogen (secondary N) is 3. The van der Waals surface area contributed by atoms with Gasteiger partial charge in [0.2, 0.25) is 11.8 Å². The topological polar surface area (TPSA) is 123 Å². The molecule has 9 nitrogen and oxygen atoms in total. The Morgan fingerprint density at radius 3 is 1.63 bits per heavy atom. The molecule has 0 bridgehead atoms. The number of hydrogen-bond donors (Lipinski definition) is 3. The Kier molecular flexibility index (Phi) is 15.5. The van der Waals surface area contributed by atoms with Gasteiger partial charge < -0.3 is 25.4 Å². The van der Waals surface area contributed by atoms with Gasteiger partial charge in [-0.25, -0.2) is 4.79 Å². The van der Waals surface area contributed by atoms with E-state index in [-0.39, 0.29) is 36.6 Å². The molecule has 3 N–H and O–H groups in total. The van der Waals surface area contributed by atoms with Crippen LogP contribution in [0.2, 0.25) is 0 Å². The summed E-state index contributed by atoms with van der Waals surface area (Å²) in [6, 6.07) is 54.1. The third-order valence-electron chi connectivity index (χ3n) is 11.5. The minimum atomic E-state index is -1.07. The van der Waals surface area contributed by atoms with Gasteiger partial charge in [-0.15, -0.1) is 11.8 Å². The van der Waals surface area contributed by atoms with Crippen LogP contribution in [0.4, 0.5) is 4.79 Å². The van der Waals surface area contributed by atoms with Crippen molar-refractivity contribution in [3.8, 4) is 11.1 Å². The zero-order valence-electron chi connectivity index (χ0n) is 35.4. The summed E-state index contributed by atoms with van der Waals surface area (Å²) in [5.41, 5.74) is 8.27. The minimum Gasteiger partial charge on any atom is -0.469 e. The van der Waals surface area contributed by atoms with Crippen molar-refractivity contribution < 1.29 is 28.7 Å². The Morgan fingerprint density at radius 2 is 1.10 bits per heavy atom. The molecule has 6 aromatic carbocycles. The average Bonchev–Trinajstić information content (AvgIpc) is 3.66. The first kappa shape index (κ1) is 44.4. The van der Waals surface area contributed by atoms with Gasteiger partial charge in [-0.1, -0.05) is 176 Å². The Hall–Kier alpha value is -6.65. The van der Waals surface area contributed by atoms with Crippen LogP contribution >= 0.6 is 11.8 Å². The highest BCUT2D eigenvalue weighted by atomic mass is 32.2. The third kappa shape index (κ3) is 11.1. The molecule has 10 heteroatoms. The first-order valence-electron chi connectivity index (χ1n) is 21.5. The van der Waals surface area contributed by atoms with Gasteiger partial charge in [0, 0.05) is 31.1 Å². The van der Waals surface area contributed by atoms with Crippen molar-refractivity contribution in [3.05, 3.63) is 203 Å². The van der Waals surface area contributed by atoms with Gasteiger partial charge >= 0.3 is 12.1 Å². The van der Waals surface area contributed by atoms with Gasteiger partial charge in [-0.05, 0) is 57.3 Å². The Morgan fingerprint density at radius 1 is 0.587 bits per heavy atom. The quantitative estimate of drug-likeness (QED) is 0.0398. The number of ether oxygens (including phenoxy) is 2. The van der Waals surface area contributed by atoms with E-state index in [0.717, 1.165) is 44.5 Å². The number of alkyl carbamates (subject to hydrolysis) is 1. The average molecular weight is 860 g/mol. The molecule has 2 unspecified atom stereocenters. The zero-order valence-corrected chi connectivity index (χ0v) is 36.2. The summed E-state index contributed by atoms with van der Waals surface area (Å²) < 4.78 is 9.93. The summed E-state index contributed by atoms with van der Waals surface area (Å²) in [7, 11) is 1.37. The van der Waals surface area contributed by atoms with Gasteiger partial charge in [0.15, 0.2) is 0 Å². The molecule has 0 saturated carbocycles. The van der Waals surface area contributed by atoms with E-state index in [1.165, 1.54) is 7.11 Å². The first-order chi connectivity index (χ1) is 30.9. The fourth-order valence-electron chi connectivity index (χ4n) is 8.28. The van der Waals surface area contributed by atoms with Crippen LogP contribution in [-0.2, 0) is 35.0 Å². The molecule has 0 spiro atoms. The molecule has 0 saturated heterocycles. The Balaban J connectivity index is 1.14. The number of carbonyl (C=O) groups excluding carboxylic acids is 4.